The summed E-state index contributed by atoms with van der Waals surface area (Å²) in [5, 5.41) is 0. The average Bonchev–Trinajstić information content (AvgIpc) is 2.15. The van der Waals surface area contributed by atoms with Gasteiger partial charge in [0.2, 0.25) is 0 Å². The maximum Gasteiger partial charge on any atom is 0.0444 e. The minimum atomic E-state index is 0.211. The molecule has 2 nitrogen and oxygen atoms in total. The lowest BCUT2D eigenvalue weighted by atomic mass is 9.74. The van der Waals surface area contributed by atoms with Gasteiger partial charge in [-0.25, -0.2) is 0 Å². The number of pyridine rings is 1. The summed E-state index contributed by atoms with van der Waals surface area (Å²) in [6, 6.07) is 6.28. The van der Waals surface area contributed by atoms with Gasteiger partial charge in [0.1, 0.15) is 0 Å². The summed E-state index contributed by atoms with van der Waals surface area (Å²) in [4.78, 5) is 4.36. The molecule has 2 rings (SSSR count). The Balaban J connectivity index is 2.11. The minimum absolute atomic E-state index is 0.211. The molecular formula is C14H20N2. The number of nitrogens with two attached hydrogens (primary N) is 1. The van der Waals surface area contributed by atoms with E-state index in [4.69, 9.17) is 5.73 Å². The molecule has 0 bridgehead atoms. The molecule has 0 aromatic carbocycles. The highest BCUT2D eigenvalue weighted by atomic mass is 14.7. The molecule has 0 saturated carbocycles. The van der Waals surface area contributed by atoms with E-state index < -0.39 is 0 Å². The lowest BCUT2D eigenvalue weighted by Crippen LogP contribution is -2.31. The molecule has 86 valence electrons. The minimum Gasteiger partial charge on any atom is -0.324 e. The molecule has 1 atom stereocenters. The predicted octanol–water partition coefficient (Wildman–Crippen LogP) is 2.70. The zero-order valence-corrected chi connectivity index (χ0v) is 10.1. The Morgan fingerprint density at radius 2 is 2.25 bits per heavy atom. The van der Waals surface area contributed by atoms with Crippen LogP contribution in [-0.2, 0) is 6.42 Å². The quantitative estimate of drug-likeness (QED) is 0.772. The lowest BCUT2D eigenvalue weighted by Gasteiger charge is -2.33. The van der Waals surface area contributed by atoms with E-state index in [0.29, 0.717) is 5.41 Å². The second-order valence-corrected chi connectivity index (χ2v) is 5.53. The highest BCUT2D eigenvalue weighted by molar-refractivity contribution is 5.20. The highest BCUT2D eigenvalue weighted by Gasteiger charge is 2.26. The Bertz CT molecular complexity index is 379. The average molecular weight is 216 g/mol. The highest BCUT2D eigenvalue weighted by Crippen LogP contribution is 2.35. The molecule has 1 aliphatic carbocycles. The van der Waals surface area contributed by atoms with E-state index >= 15 is 0 Å². The summed E-state index contributed by atoms with van der Waals surface area (Å²) >= 11 is 0. The first-order valence-corrected chi connectivity index (χ1v) is 5.90. The Hall–Kier alpha value is -1.15. The molecule has 1 unspecified atom stereocenters. The molecule has 0 fully saturated rings. The van der Waals surface area contributed by atoms with Crippen LogP contribution in [0.4, 0.5) is 0 Å². The number of aromatic nitrogens is 1. The van der Waals surface area contributed by atoms with Crippen molar-refractivity contribution < 1.29 is 0 Å². The Morgan fingerprint density at radius 3 is 2.88 bits per heavy atom. The van der Waals surface area contributed by atoms with Crippen LogP contribution in [-0.4, -0.2) is 11.0 Å². The Kier molecular flexibility index (Phi) is 3.10. The van der Waals surface area contributed by atoms with Gasteiger partial charge in [-0.15, -0.1) is 0 Å². The zero-order valence-electron chi connectivity index (χ0n) is 10.1. The van der Waals surface area contributed by atoms with Gasteiger partial charge < -0.3 is 5.73 Å². The Morgan fingerprint density at radius 1 is 1.44 bits per heavy atom. The molecular weight excluding hydrogens is 196 g/mol. The van der Waals surface area contributed by atoms with E-state index in [1.165, 1.54) is 5.57 Å². The van der Waals surface area contributed by atoms with Crippen molar-refractivity contribution in [3.8, 4) is 0 Å². The van der Waals surface area contributed by atoms with Crippen LogP contribution in [0.5, 0.6) is 0 Å². The van der Waals surface area contributed by atoms with Crippen LogP contribution in [0.25, 0.3) is 0 Å². The first kappa shape index (κ1) is 11.3. The summed E-state index contributed by atoms with van der Waals surface area (Å²) in [5.41, 5.74) is 8.96. The third-order valence-electron chi connectivity index (χ3n) is 3.08. The van der Waals surface area contributed by atoms with Crippen molar-refractivity contribution in [3.63, 3.8) is 0 Å². The lowest BCUT2D eigenvalue weighted by molar-refractivity contribution is 0.299. The van der Waals surface area contributed by atoms with Crippen molar-refractivity contribution in [2.45, 2.75) is 39.2 Å². The van der Waals surface area contributed by atoms with Crippen molar-refractivity contribution in [2.24, 2.45) is 11.1 Å². The molecule has 16 heavy (non-hydrogen) atoms. The van der Waals surface area contributed by atoms with E-state index in [-0.39, 0.29) is 6.04 Å². The van der Waals surface area contributed by atoms with Gasteiger partial charge >= 0.3 is 0 Å². The molecule has 2 heteroatoms. The van der Waals surface area contributed by atoms with Crippen LogP contribution in [0.1, 0.15) is 32.4 Å². The van der Waals surface area contributed by atoms with Gasteiger partial charge in [-0.3, -0.25) is 4.98 Å². The summed E-state index contributed by atoms with van der Waals surface area (Å²) in [7, 11) is 0. The maximum atomic E-state index is 6.06. The Labute approximate surface area is 97.6 Å². The van der Waals surface area contributed by atoms with Crippen LogP contribution in [0.2, 0.25) is 0 Å². The predicted molar refractivity (Wildman–Crippen MR) is 67.0 cm³/mol. The normalized spacial score (nSPS) is 23.9. The van der Waals surface area contributed by atoms with Gasteiger partial charge in [-0.05, 0) is 30.4 Å². The van der Waals surface area contributed by atoms with Crippen molar-refractivity contribution >= 4 is 0 Å². The summed E-state index contributed by atoms with van der Waals surface area (Å²) in [5.74, 6) is 0. The number of hydrogen-bond acceptors (Lipinski definition) is 2. The largest absolute Gasteiger partial charge is 0.324 e. The van der Waals surface area contributed by atoms with E-state index in [9.17, 15) is 0 Å². The van der Waals surface area contributed by atoms with Crippen LogP contribution in [0, 0.1) is 5.41 Å². The third kappa shape index (κ3) is 2.92. The van der Waals surface area contributed by atoms with E-state index in [2.05, 4.69) is 31.0 Å². The van der Waals surface area contributed by atoms with Crippen LogP contribution < -0.4 is 5.73 Å². The molecule has 1 aromatic heterocycles. The second-order valence-electron chi connectivity index (χ2n) is 5.53. The fraction of sp³-hybridized carbons (Fsp3) is 0.500. The smallest absolute Gasteiger partial charge is 0.0444 e. The van der Waals surface area contributed by atoms with Crippen LogP contribution >= 0.6 is 0 Å². The molecule has 0 aliphatic heterocycles. The molecule has 1 heterocycles. The topological polar surface area (TPSA) is 38.9 Å². The van der Waals surface area contributed by atoms with Crippen molar-refractivity contribution in [1.82, 2.24) is 4.98 Å². The van der Waals surface area contributed by atoms with Crippen molar-refractivity contribution in [3.05, 3.63) is 41.7 Å². The first-order valence-electron chi connectivity index (χ1n) is 5.90. The molecule has 0 radical (unpaired) electrons. The van der Waals surface area contributed by atoms with Gasteiger partial charge in [0.15, 0.2) is 0 Å². The summed E-state index contributed by atoms with van der Waals surface area (Å²) in [6.45, 7) is 4.58. The number of allylic oxidation sites excluding steroid dienone is 1. The molecule has 0 saturated heterocycles. The molecule has 1 aromatic rings. The van der Waals surface area contributed by atoms with Crippen molar-refractivity contribution in [1.29, 1.82) is 0 Å². The molecule has 0 spiro atoms. The third-order valence-corrected chi connectivity index (χ3v) is 3.08. The van der Waals surface area contributed by atoms with Crippen LogP contribution in [0.15, 0.2) is 36.0 Å². The van der Waals surface area contributed by atoms with Crippen molar-refractivity contribution in [2.75, 3.05) is 0 Å². The monoisotopic (exact) mass is 216 g/mol. The van der Waals surface area contributed by atoms with Gasteiger partial charge in [-0.2, -0.15) is 0 Å². The van der Waals surface area contributed by atoms with Crippen LogP contribution in [0.3, 0.4) is 0 Å². The number of nitrogens with zero attached hydrogens (tertiary/aromatic N) is 1. The fourth-order valence-corrected chi connectivity index (χ4v) is 2.60. The number of hydrogen-bond donors (Lipinski definition) is 1. The fourth-order valence-electron chi connectivity index (χ4n) is 2.60. The first-order chi connectivity index (χ1) is 7.55. The van der Waals surface area contributed by atoms with Gasteiger partial charge in [-0.1, -0.05) is 31.6 Å². The standard InChI is InChI=1S/C14H20N2/c1-14(2)9-11(7-12(15)10-14)8-13-5-3-4-6-16-13/h3-7,12H,8-10,15H2,1-2H3. The zero-order chi connectivity index (χ0) is 11.6. The SMILES string of the molecule is CC1(C)CC(Cc2ccccn2)=CC(N)C1. The number of rotatable bonds is 2. The van der Waals surface area contributed by atoms with E-state index in [1.807, 2.05) is 18.3 Å². The molecule has 0 amide bonds. The van der Waals surface area contributed by atoms with E-state index in [1.54, 1.807) is 0 Å². The van der Waals surface area contributed by atoms with E-state index in [0.717, 1.165) is 25.0 Å². The van der Waals surface area contributed by atoms with Gasteiger partial charge in [0.05, 0.1) is 0 Å². The van der Waals surface area contributed by atoms with Gasteiger partial charge in [0.25, 0.3) is 0 Å². The maximum absolute atomic E-state index is 6.06. The second kappa shape index (κ2) is 4.38. The summed E-state index contributed by atoms with van der Waals surface area (Å²) in [6.07, 6.45) is 7.23. The summed E-state index contributed by atoms with van der Waals surface area (Å²) < 4.78 is 0. The van der Waals surface area contributed by atoms with Gasteiger partial charge in [0, 0.05) is 24.4 Å². The molecule has 2 N–H and O–H groups in total. The molecule has 1 aliphatic rings.